The summed E-state index contributed by atoms with van der Waals surface area (Å²) in [6.45, 7) is -1.46. The number of halogens is 4. The third-order valence-corrected chi connectivity index (χ3v) is 3.47. The maximum Gasteiger partial charge on any atom is 0.401 e. The lowest BCUT2D eigenvalue weighted by molar-refractivity contribution is -0.126. The van der Waals surface area contributed by atoms with Crippen molar-refractivity contribution in [3.8, 4) is 0 Å². The van der Waals surface area contributed by atoms with Gasteiger partial charge in [-0.1, -0.05) is 0 Å². The first kappa shape index (κ1) is 13.0. The van der Waals surface area contributed by atoms with Crippen molar-refractivity contribution < 1.29 is 18.3 Å². The molecule has 1 aromatic heterocycles. The van der Waals surface area contributed by atoms with Crippen LogP contribution in [0.25, 0.3) is 0 Å². The predicted molar refractivity (Wildman–Crippen MR) is 55.9 cm³/mol. The number of rotatable bonds is 4. The monoisotopic (exact) mass is 303 g/mol. The number of aliphatic hydroxyl groups excluding tert-OH is 1. The van der Waals surface area contributed by atoms with E-state index < -0.39 is 18.8 Å². The fraction of sp³-hybridized carbons (Fsp3) is 0.500. The maximum absolute atomic E-state index is 11.9. The Balaban J connectivity index is 2.57. The van der Waals surface area contributed by atoms with Crippen LogP contribution in [0.4, 0.5) is 13.2 Å². The van der Waals surface area contributed by atoms with Crippen LogP contribution in [0.3, 0.4) is 0 Å². The summed E-state index contributed by atoms with van der Waals surface area (Å²) in [5, 5.41) is 13.0. The Hall–Kier alpha value is -0.110. The molecular formula is C8H9BrF3NOS. The van der Waals surface area contributed by atoms with Crippen molar-refractivity contribution >= 4 is 27.3 Å². The number of hydrogen-bond donors (Lipinski definition) is 2. The molecule has 2 nitrogen and oxygen atoms in total. The van der Waals surface area contributed by atoms with Crippen molar-refractivity contribution in [3.63, 3.8) is 0 Å². The average Bonchev–Trinajstić information content (AvgIpc) is 2.51. The minimum Gasteiger partial charge on any atom is -0.394 e. The second-order valence-corrected chi connectivity index (χ2v) is 4.76. The van der Waals surface area contributed by atoms with Gasteiger partial charge in [-0.25, -0.2) is 0 Å². The first-order valence-corrected chi connectivity index (χ1v) is 5.74. The van der Waals surface area contributed by atoms with Gasteiger partial charge in [0, 0.05) is 14.7 Å². The molecule has 0 bridgehead atoms. The third kappa shape index (κ3) is 4.50. The molecular weight excluding hydrogens is 295 g/mol. The van der Waals surface area contributed by atoms with E-state index in [1.807, 2.05) is 0 Å². The molecule has 0 aliphatic heterocycles. The van der Waals surface area contributed by atoms with Crippen molar-refractivity contribution in [3.05, 3.63) is 20.8 Å². The summed E-state index contributed by atoms with van der Waals surface area (Å²) < 4.78 is 36.6. The van der Waals surface area contributed by atoms with Gasteiger partial charge in [0.05, 0.1) is 19.2 Å². The molecule has 86 valence electrons. The molecule has 0 radical (unpaired) electrons. The minimum atomic E-state index is -4.26. The van der Waals surface area contributed by atoms with Crippen molar-refractivity contribution in [1.29, 1.82) is 0 Å². The highest BCUT2D eigenvalue weighted by atomic mass is 79.9. The van der Waals surface area contributed by atoms with Gasteiger partial charge in [0.2, 0.25) is 0 Å². The van der Waals surface area contributed by atoms with Crippen LogP contribution in [0.5, 0.6) is 0 Å². The van der Waals surface area contributed by atoms with E-state index >= 15 is 0 Å². The topological polar surface area (TPSA) is 32.3 Å². The molecule has 1 unspecified atom stereocenters. The van der Waals surface area contributed by atoms with E-state index in [0.717, 1.165) is 4.47 Å². The highest BCUT2D eigenvalue weighted by Gasteiger charge is 2.28. The van der Waals surface area contributed by atoms with Crippen molar-refractivity contribution in [2.24, 2.45) is 0 Å². The number of nitrogens with one attached hydrogen (secondary N) is 1. The molecule has 0 spiro atoms. The first-order valence-electron chi connectivity index (χ1n) is 4.07. The zero-order valence-corrected chi connectivity index (χ0v) is 9.92. The van der Waals surface area contributed by atoms with Gasteiger partial charge in [-0.05, 0) is 22.0 Å². The molecule has 0 saturated heterocycles. The quantitative estimate of drug-likeness (QED) is 0.896. The summed E-state index contributed by atoms with van der Waals surface area (Å²) in [5.41, 5.74) is 0. The smallest absolute Gasteiger partial charge is 0.394 e. The van der Waals surface area contributed by atoms with Crippen LogP contribution in [-0.4, -0.2) is 24.4 Å². The number of alkyl halides is 3. The Labute approximate surface area is 97.2 Å². The number of thiophene rings is 1. The van der Waals surface area contributed by atoms with E-state index in [1.54, 1.807) is 11.4 Å². The van der Waals surface area contributed by atoms with Crippen LogP contribution in [0.15, 0.2) is 15.9 Å². The summed E-state index contributed by atoms with van der Waals surface area (Å²) in [4.78, 5) is 0.675. The number of hydrogen-bond acceptors (Lipinski definition) is 3. The zero-order valence-electron chi connectivity index (χ0n) is 7.51. The predicted octanol–water partition coefficient (Wildman–Crippen LogP) is 2.70. The van der Waals surface area contributed by atoms with Crippen molar-refractivity contribution in [2.45, 2.75) is 12.2 Å². The third-order valence-electron chi connectivity index (χ3n) is 1.66. The van der Waals surface area contributed by atoms with Gasteiger partial charge in [-0.3, -0.25) is 5.32 Å². The summed E-state index contributed by atoms with van der Waals surface area (Å²) in [5.74, 6) is 0. The highest BCUT2D eigenvalue weighted by Crippen LogP contribution is 2.26. The van der Waals surface area contributed by atoms with E-state index in [-0.39, 0.29) is 6.61 Å². The summed E-state index contributed by atoms with van der Waals surface area (Å²) in [6, 6.07) is 1.03. The normalized spacial score (nSPS) is 14.2. The van der Waals surface area contributed by atoms with Gasteiger partial charge < -0.3 is 5.11 Å². The van der Waals surface area contributed by atoms with E-state index in [0.29, 0.717) is 4.88 Å². The Morgan fingerprint density at radius 2 is 2.20 bits per heavy atom. The maximum atomic E-state index is 11.9. The van der Waals surface area contributed by atoms with Gasteiger partial charge in [0.15, 0.2) is 0 Å². The highest BCUT2D eigenvalue weighted by molar-refractivity contribution is 9.10. The van der Waals surface area contributed by atoms with Crippen LogP contribution < -0.4 is 5.32 Å². The van der Waals surface area contributed by atoms with E-state index in [4.69, 9.17) is 5.11 Å². The van der Waals surface area contributed by atoms with Crippen LogP contribution in [0, 0.1) is 0 Å². The molecule has 0 aliphatic carbocycles. The van der Waals surface area contributed by atoms with Crippen molar-refractivity contribution in [1.82, 2.24) is 5.32 Å². The summed E-state index contributed by atoms with van der Waals surface area (Å²) in [6.07, 6.45) is -4.26. The van der Waals surface area contributed by atoms with Crippen LogP contribution >= 0.6 is 27.3 Å². The lowest BCUT2D eigenvalue weighted by Gasteiger charge is -2.15. The Bertz CT molecular complexity index is 315. The van der Waals surface area contributed by atoms with E-state index in [1.165, 1.54) is 11.3 Å². The Morgan fingerprint density at radius 3 is 2.60 bits per heavy atom. The fourth-order valence-corrected chi connectivity index (χ4v) is 2.52. The second-order valence-electron chi connectivity index (χ2n) is 2.90. The van der Waals surface area contributed by atoms with Gasteiger partial charge in [-0.15, -0.1) is 11.3 Å². The van der Waals surface area contributed by atoms with Gasteiger partial charge in [-0.2, -0.15) is 13.2 Å². The van der Waals surface area contributed by atoms with Gasteiger partial charge in [0.1, 0.15) is 0 Å². The van der Waals surface area contributed by atoms with E-state index in [2.05, 4.69) is 21.2 Å². The SMILES string of the molecule is OCC(NCC(F)(F)F)c1cc(Br)cs1. The minimum absolute atomic E-state index is 0.358. The van der Waals surface area contributed by atoms with Crippen molar-refractivity contribution in [2.75, 3.05) is 13.2 Å². The second kappa shape index (κ2) is 5.29. The molecule has 0 aliphatic rings. The molecule has 0 aromatic carbocycles. The fourth-order valence-electron chi connectivity index (χ4n) is 1.01. The molecule has 7 heteroatoms. The summed E-state index contributed by atoms with van der Waals surface area (Å²) >= 11 is 4.50. The largest absolute Gasteiger partial charge is 0.401 e. The molecule has 0 fully saturated rings. The Morgan fingerprint density at radius 1 is 1.53 bits per heavy atom. The lowest BCUT2D eigenvalue weighted by atomic mass is 10.2. The zero-order chi connectivity index (χ0) is 11.5. The lowest BCUT2D eigenvalue weighted by Crippen LogP contribution is -2.33. The summed E-state index contributed by atoms with van der Waals surface area (Å²) in [7, 11) is 0. The first-order chi connectivity index (χ1) is 6.92. The molecule has 0 amide bonds. The molecule has 2 N–H and O–H groups in total. The van der Waals surface area contributed by atoms with E-state index in [9.17, 15) is 13.2 Å². The molecule has 1 atom stereocenters. The molecule has 1 aromatic rings. The van der Waals surface area contributed by atoms with Crippen LogP contribution in [-0.2, 0) is 0 Å². The number of aliphatic hydroxyl groups is 1. The molecule has 1 heterocycles. The molecule has 0 saturated carbocycles. The molecule has 15 heavy (non-hydrogen) atoms. The Kier molecular flexibility index (Phi) is 4.57. The standard InChI is InChI=1S/C8H9BrF3NOS/c9-5-1-7(15-3-5)6(2-14)13-4-8(10,11)12/h1,3,6,13-14H,2,4H2. The van der Waals surface area contributed by atoms with Crippen LogP contribution in [0.1, 0.15) is 10.9 Å². The average molecular weight is 304 g/mol. The van der Waals surface area contributed by atoms with Gasteiger partial charge in [0.25, 0.3) is 0 Å². The molecule has 1 rings (SSSR count). The van der Waals surface area contributed by atoms with Crippen LogP contribution in [0.2, 0.25) is 0 Å². The van der Waals surface area contributed by atoms with Gasteiger partial charge >= 0.3 is 6.18 Å².